The monoisotopic (exact) mass is 483 g/mol. The van der Waals surface area contributed by atoms with Gasteiger partial charge < -0.3 is 4.90 Å². The number of amides is 1. The van der Waals surface area contributed by atoms with Gasteiger partial charge in [-0.15, -0.1) is 10.2 Å². The summed E-state index contributed by atoms with van der Waals surface area (Å²) in [5.74, 6) is 0.890. The first-order valence-electron chi connectivity index (χ1n) is 11.0. The zero-order valence-electron chi connectivity index (χ0n) is 17.7. The van der Waals surface area contributed by atoms with Crippen molar-refractivity contribution >= 4 is 17.5 Å². The van der Waals surface area contributed by atoms with Gasteiger partial charge in [0.2, 0.25) is 0 Å². The van der Waals surface area contributed by atoms with E-state index in [0.717, 1.165) is 24.4 Å². The Bertz CT molecular complexity index is 1130. The van der Waals surface area contributed by atoms with E-state index in [-0.39, 0.29) is 30.3 Å². The normalized spacial score (nSPS) is 23.4. The molecule has 0 bridgehead atoms. The highest BCUT2D eigenvalue weighted by Crippen LogP contribution is 2.57. The highest BCUT2D eigenvalue weighted by molar-refractivity contribution is 6.30. The van der Waals surface area contributed by atoms with E-state index >= 15 is 0 Å². The van der Waals surface area contributed by atoms with E-state index < -0.39 is 18.4 Å². The number of likely N-dealkylation sites (tertiary alicyclic amines) is 1. The zero-order chi connectivity index (χ0) is 23.2. The van der Waals surface area contributed by atoms with Crippen LogP contribution in [0.25, 0.3) is 5.69 Å². The lowest BCUT2D eigenvalue weighted by Crippen LogP contribution is -2.64. The van der Waals surface area contributed by atoms with Crippen LogP contribution in [0.1, 0.15) is 48.8 Å². The first kappa shape index (κ1) is 21.3. The highest BCUT2D eigenvalue weighted by Gasteiger charge is 2.60. The number of nitrogens with zero attached hydrogens (tertiary/aromatic N) is 5. The van der Waals surface area contributed by atoms with Crippen LogP contribution in [-0.4, -0.2) is 62.0 Å². The SMILES string of the molecule is O=C(N1CC2(CC(c3nnc4n3-c3ccc(Cl)cc3CN(CC(F)(F)F)C4)C2)C1)C1(F)CC1. The van der Waals surface area contributed by atoms with Crippen molar-refractivity contribution in [1.82, 2.24) is 24.6 Å². The third-order valence-corrected chi connectivity index (χ3v) is 7.57. The fourth-order valence-electron chi connectivity index (χ4n) is 5.66. The van der Waals surface area contributed by atoms with E-state index in [1.807, 2.05) is 4.57 Å². The van der Waals surface area contributed by atoms with Crippen LogP contribution in [0.2, 0.25) is 5.02 Å². The first-order valence-corrected chi connectivity index (χ1v) is 11.4. The molecule has 0 radical (unpaired) electrons. The molecule has 6 nitrogen and oxygen atoms in total. The number of fused-ring (bicyclic) bond motifs is 3. The van der Waals surface area contributed by atoms with Crippen LogP contribution >= 0.6 is 11.6 Å². The van der Waals surface area contributed by atoms with Gasteiger partial charge in [0.15, 0.2) is 11.5 Å². The summed E-state index contributed by atoms with van der Waals surface area (Å²) in [4.78, 5) is 15.1. The maximum Gasteiger partial charge on any atom is 0.401 e. The van der Waals surface area contributed by atoms with E-state index in [1.54, 1.807) is 23.1 Å². The molecule has 1 aromatic carbocycles. The topological polar surface area (TPSA) is 54.3 Å². The van der Waals surface area contributed by atoms with Crippen molar-refractivity contribution in [2.75, 3.05) is 19.6 Å². The molecule has 3 fully saturated rings. The lowest BCUT2D eigenvalue weighted by atomic mass is 9.57. The molecule has 2 saturated carbocycles. The molecule has 3 heterocycles. The molecule has 1 aromatic heterocycles. The van der Waals surface area contributed by atoms with Gasteiger partial charge in [0.1, 0.15) is 5.82 Å². The van der Waals surface area contributed by atoms with Gasteiger partial charge in [0, 0.05) is 36.0 Å². The second-order valence-corrected chi connectivity index (χ2v) is 10.5. The van der Waals surface area contributed by atoms with Crippen LogP contribution in [0.4, 0.5) is 17.6 Å². The Hall–Kier alpha value is -2.20. The molecular formula is C22H22ClF4N5O. The average Bonchev–Trinajstić information content (AvgIpc) is 3.32. The van der Waals surface area contributed by atoms with E-state index in [4.69, 9.17) is 11.6 Å². The van der Waals surface area contributed by atoms with Gasteiger partial charge in [-0.1, -0.05) is 11.6 Å². The molecule has 1 amide bonds. The van der Waals surface area contributed by atoms with Crippen LogP contribution in [0.3, 0.4) is 0 Å². The molecule has 1 spiro atoms. The van der Waals surface area contributed by atoms with Crippen LogP contribution in [-0.2, 0) is 17.9 Å². The third-order valence-electron chi connectivity index (χ3n) is 7.34. The minimum atomic E-state index is -4.33. The Morgan fingerprint density at radius 2 is 1.88 bits per heavy atom. The van der Waals surface area contributed by atoms with E-state index in [0.29, 0.717) is 42.3 Å². The number of rotatable bonds is 3. The molecule has 1 saturated heterocycles. The standard InChI is InChI=1S/C22H22ClF4N5O/c23-15-1-2-16-13(5-15)8-30(12-22(25,26)27)9-17-28-29-18(32(16)17)14-6-20(7-14)10-31(11-20)19(33)21(24)3-4-21/h1-2,5,14H,3-4,6-12H2. The molecule has 2 aromatic rings. The van der Waals surface area contributed by atoms with Gasteiger partial charge in [-0.05, 0) is 49.4 Å². The predicted octanol–water partition coefficient (Wildman–Crippen LogP) is 4.01. The number of hydrogen-bond donors (Lipinski definition) is 0. The van der Waals surface area contributed by atoms with Crippen molar-refractivity contribution in [3.8, 4) is 5.69 Å². The number of alkyl halides is 4. The Morgan fingerprint density at radius 3 is 2.55 bits per heavy atom. The third kappa shape index (κ3) is 3.62. The average molecular weight is 484 g/mol. The van der Waals surface area contributed by atoms with Crippen LogP contribution in [0.5, 0.6) is 0 Å². The molecule has 2 aliphatic heterocycles. The summed E-state index contributed by atoms with van der Waals surface area (Å²) < 4.78 is 55.4. The fraction of sp³-hybridized carbons (Fsp3) is 0.591. The van der Waals surface area contributed by atoms with Gasteiger partial charge in [-0.25, -0.2) is 4.39 Å². The van der Waals surface area contributed by atoms with E-state index in [1.165, 1.54) is 4.90 Å². The fourth-order valence-corrected chi connectivity index (χ4v) is 5.86. The summed E-state index contributed by atoms with van der Waals surface area (Å²) in [7, 11) is 0. The summed E-state index contributed by atoms with van der Waals surface area (Å²) in [6.07, 6.45) is -2.10. The van der Waals surface area contributed by atoms with Crippen molar-refractivity contribution in [3.05, 3.63) is 40.4 Å². The Labute approximate surface area is 192 Å². The summed E-state index contributed by atoms with van der Waals surface area (Å²) in [6, 6.07) is 5.22. The van der Waals surface area contributed by atoms with Crippen molar-refractivity contribution in [1.29, 1.82) is 0 Å². The minimum absolute atomic E-state index is 0.0200. The van der Waals surface area contributed by atoms with Crippen LogP contribution in [0.15, 0.2) is 18.2 Å². The molecule has 2 aliphatic carbocycles. The molecule has 11 heteroatoms. The van der Waals surface area contributed by atoms with E-state index in [2.05, 4.69) is 10.2 Å². The first-order chi connectivity index (χ1) is 15.5. The summed E-state index contributed by atoms with van der Waals surface area (Å²) in [5.41, 5.74) is -0.215. The van der Waals surface area contributed by atoms with Crippen molar-refractivity contribution < 1.29 is 22.4 Å². The Kier molecular flexibility index (Phi) is 4.47. The van der Waals surface area contributed by atoms with Gasteiger partial charge in [-0.3, -0.25) is 14.3 Å². The second kappa shape index (κ2) is 6.91. The molecule has 6 rings (SSSR count). The Balaban J connectivity index is 1.24. The molecule has 4 aliphatic rings. The molecule has 33 heavy (non-hydrogen) atoms. The number of hydrogen-bond acceptors (Lipinski definition) is 4. The quantitative estimate of drug-likeness (QED) is 0.619. The number of carbonyl (C=O) groups is 1. The van der Waals surface area contributed by atoms with Gasteiger partial charge in [-0.2, -0.15) is 13.2 Å². The minimum Gasteiger partial charge on any atom is -0.339 e. The maximum atomic E-state index is 14.1. The van der Waals surface area contributed by atoms with Crippen molar-refractivity contribution in [2.24, 2.45) is 5.41 Å². The highest BCUT2D eigenvalue weighted by atomic mass is 35.5. The van der Waals surface area contributed by atoms with Gasteiger partial charge >= 0.3 is 6.18 Å². The number of aromatic nitrogens is 3. The largest absolute Gasteiger partial charge is 0.401 e. The van der Waals surface area contributed by atoms with Crippen molar-refractivity contribution in [3.63, 3.8) is 0 Å². The van der Waals surface area contributed by atoms with Crippen LogP contribution in [0, 0.1) is 5.41 Å². The van der Waals surface area contributed by atoms with Gasteiger partial charge in [0.05, 0.1) is 18.8 Å². The zero-order valence-corrected chi connectivity index (χ0v) is 18.5. The molecule has 176 valence electrons. The smallest absolute Gasteiger partial charge is 0.339 e. The predicted molar refractivity (Wildman–Crippen MR) is 111 cm³/mol. The molecular weight excluding hydrogens is 462 g/mol. The van der Waals surface area contributed by atoms with Crippen molar-refractivity contribution in [2.45, 2.75) is 56.5 Å². The van der Waals surface area contributed by atoms with E-state index in [9.17, 15) is 22.4 Å². The summed E-state index contributed by atoms with van der Waals surface area (Å²) >= 11 is 6.15. The lowest BCUT2D eigenvalue weighted by molar-refractivity contribution is -0.158. The lowest BCUT2D eigenvalue weighted by Gasteiger charge is -2.59. The Morgan fingerprint density at radius 1 is 1.15 bits per heavy atom. The number of carbonyl (C=O) groups excluding carboxylic acids is 1. The van der Waals surface area contributed by atoms with Crippen LogP contribution < -0.4 is 0 Å². The molecule has 0 unspecified atom stereocenters. The number of benzene rings is 1. The second-order valence-electron chi connectivity index (χ2n) is 10.1. The number of halogens is 5. The maximum absolute atomic E-state index is 14.1. The summed E-state index contributed by atoms with van der Waals surface area (Å²) in [5, 5.41) is 9.09. The summed E-state index contributed by atoms with van der Waals surface area (Å²) in [6.45, 7) is 0.196. The van der Waals surface area contributed by atoms with Gasteiger partial charge in [0.25, 0.3) is 5.91 Å². The molecule has 0 N–H and O–H groups in total. The molecule has 0 atom stereocenters.